The first-order chi connectivity index (χ1) is 15.2. The molecular weight excluding hydrogens is 414 g/mol. The van der Waals surface area contributed by atoms with Crippen molar-refractivity contribution in [3.63, 3.8) is 0 Å². The van der Waals surface area contributed by atoms with Crippen molar-refractivity contribution in [2.45, 2.75) is 6.54 Å². The van der Waals surface area contributed by atoms with Gasteiger partial charge in [-0.2, -0.15) is 0 Å². The molecule has 3 heterocycles. The van der Waals surface area contributed by atoms with Crippen molar-refractivity contribution in [3.8, 4) is 22.2 Å². The molecule has 0 saturated carbocycles. The fourth-order valence-electron chi connectivity index (χ4n) is 3.62. The number of aromatic nitrogens is 2. The number of para-hydroxylation sites is 1. The Morgan fingerprint density at radius 1 is 1.16 bits per heavy atom. The van der Waals surface area contributed by atoms with Gasteiger partial charge in [0.2, 0.25) is 0 Å². The number of fused-ring (bicyclic) bond motifs is 2. The number of nitrogens with zero attached hydrogens (tertiary/aromatic N) is 2. The quantitative estimate of drug-likeness (QED) is 0.485. The molecule has 0 saturated heterocycles. The van der Waals surface area contributed by atoms with Crippen LogP contribution in [0.2, 0.25) is 0 Å². The summed E-state index contributed by atoms with van der Waals surface area (Å²) in [6.07, 6.45) is 0. The Morgan fingerprint density at radius 2 is 2.00 bits per heavy atom. The number of ether oxygens (including phenoxy) is 3. The molecule has 1 amide bonds. The van der Waals surface area contributed by atoms with Gasteiger partial charge >= 0.3 is 0 Å². The molecule has 2 aromatic carbocycles. The molecule has 5 rings (SSSR count). The number of carbonyl (C=O) groups is 1. The van der Waals surface area contributed by atoms with Crippen LogP contribution in [0.5, 0.6) is 11.5 Å². The van der Waals surface area contributed by atoms with E-state index >= 15 is 0 Å². The van der Waals surface area contributed by atoms with E-state index in [4.69, 9.17) is 14.2 Å². The first kappa shape index (κ1) is 19.6. The van der Waals surface area contributed by atoms with Crippen LogP contribution in [0.15, 0.2) is 53.9 Å². The standard InChI is InChI=1S/C23H21N3O4S/c1-28-9-8-26-18-5-3-2-4-15(18)12-19(26)23-25-17(14-31-23)22(27)24-16-6-7-20-21(13-16)30-11-10-29-20/h2-7,12-14H,8-11H2,1H3,(H,24,27). The van der Waals surface area contributed by atoms with E-state index in [9.17, 15) is 4.79 Å². The van der Waals surface area contributed by atoms with Gasteiger partial charge in [0.1, 0.15) is 23.9 Å². The lowest BCUT2D eigenvalue weighted by atomic mass is 10.2. The smallest absolute Gasteiger partial charge is 0.275 e. The molecule has 4 aromatic rings. The van der Waals surface area contributed by atoms with E-state index in [0.29, 0.717) is 49.2 Å². The summed E-state index contributed by atoms with van der Waals surface area (Å²) in [7, 11) is 1.69. The summed E-state index contributed by atoms with van der Waals surface area (Å²) >= 11 is 1.45. The first-order valence-electron chi connectivity index (χ1n) is 9.97. The third-order valence-electron chi connectivity index (χ3n) is 5.09. The molecule has 1 aliphatic rings. The van der Waals surface area contributed by atoms with Gasteiger partial charge in [-0.15, -0.1) is 11.3 Å². The second kappa shape index (κ2) is 8.41. The maximum atomic E-state index is 12.8. The molecule has 158 valence electrons. The number of methoxy groups -OCH3 is 1. The van der Waals surface area contributed by atoms with Crippen molar-refractivity contribution in [3.05, 3.63) is 59.6 Å². The van der Waals surface area contributed by atoms with E-state index in [1.165, 1.54) is 11.3 Å². The molecule has 31 heavy (non-hydrogen) atoms. The van der Waals surface area contributed by atoms with Crippen molar-refractivity contribution in [1.29, 1.82) is 0 Å². The second-order valence-electron chi connectivity index (χ2n) is 7.08. The highest BCUT2D eigenvalue weighted by Crippen LogP contribution is 2.33. The zero-order valence-corrected chi connectivity index (χ0v) is 17.8. The molecular formula is C23H21N3O4S. The van der Waals surface area contributed by atoms with E-state index in [1.807, 2.05) is 12.1 Å². The lowest BCUT2D eigenvalue weighted by Crippen LogP contribution is -2.16. The normalized spacial score (nSPS) is 12.8. The predicted octanol–water partition coefficient (Wildman–Crippen LogP) is 4.43. The predicted molar refractivity (Wildman–Crippen MR) is 120 cm³/mol. The van der Waals surface area contributed by atoms with Gasteiger partial charge in [0.05, 0.1) is 12.3 Å². The summed E-state index contributed by atoms with van der Waals surface area (Å²) in [5.74, 6) is 1.05. The van der Waals surface area contributed by atoms with Crippen molar-refractivity contribution in [1.82, 2.24) is 9.55 Å². The van der Waals surface area contributed by atoms with Crippen LogP contribution in [0.4, 0.5) is 5.69 Å². The Bertz CT molecular complexity index is 1250. The minimum Gasteiger partial charge on any atom is -0.486 e. The minimum atomic E-state index is -0.265. The van der Waals surface area contributed by atoms with Gasteiger partial charge < -0.3 is 24.1 Å². The Morgan fingerprint density at radius 3 is 2.87 bits per heavy atom. The third kappa shape index (κ3) is 3.87. The van der Waals surface area contributed by atoms with Gasteiger partial charge in [0, 0.05) is 41.7 Å². The Balaban J connectivity index is 1.40. The number of carbonyl (C=O) groups excluding carboxylic acids is 1. The van der Waals surface area contributed by atoms with E-state index < -0.39 is 0 Å². The van der Waals surface area contributed by atoms with Gasteiger partial charge in [0.25, 0.3) is 5.91 Å². The van der Waals surface area contributed by atoms with E-state index in [1.54, 1.807) is 30.7 Å². The van der Waals surface area contributed by atoms with Crippen molar-refractivity contribution >= 4 is 33.8 Å². The van der Waals surface area contributed by atoms with Crippen molar-refractivity contribution in [2.24, 2.45) is 0 Å². The summed E-state index contributed by atoms with van der Waals surface area (Å²) in [6.45, 7) is 2.32. The molecule has 7 nitrogen and oxygen atoms in total. The number of benzene rings is 2. The Labute approximate surface area is 183 Å². The number of thiazole rings is 1. The van der Waals surface area contributed by atoms with Gasteiger partial charge in [-0.25, -0.2) is 4.98 Å². The Kier molecular flexibility index (Phi) is 5.31. The third-order valence-corrected chi connectivity index (χ3v) is 5.95. The van der Waals surface area contributed by atoms with Crippen LogP contribution >= 0.6 is 11.3 Å². The van der Waals surface area contributed by atoms with Crippen LogP contribution in [-0.2, 0) is 11.3 Å². The molecule has 0 aliphatic carbocycles. The largest absolute Gasteiger partial charge is 0.486 e. The highest BCUT2D eigenvalue weighted by Gasteiger charge is 2.18. The SMILES string of the molecule is COCCn1c(-c2nc(C(=O)Nc3ccc4c(c3)OCCO4)cs2)cc2ccccc21. The molecule has 0 bridgehead atoms. The average molecular weight is 436 g/mol. The number of rotatable bonds is 6. The fraction of sp³-hybridized carbons (Fsp3) is 0.217. The molecule has 2 aromatic heterocycles. The molecule has 0 radical (unpaired) electrons. The maximum absolute atomic E-state index is 12.8. The fourth-order valence-corrected chi connectivity index (χ4v) is 4.45. The van der Waals surface area contributed by atoms with Gasteiger partial charge in [-0.05, 0) is 24.3 Å². The lowest BCUT2D eigenvalue weighted by Gasteiger charge is -2.18. The maximum Gasteiger partial charge on any atom is 0.275 e. The number of amides is 1. The molecule has 0 fully saturated rings. The van der Waals surface area contributed by atoms with Crippen molar-refractivity contribution in [2.75, 3.05) is 32.2 Å². The second-order valence-corrected chi connectivity index (χ2v) is 7.94. The van der Waals surface area contributed by atoms with Crippen LogP contribution < -0.4 is 14.8 Å². The van der Waals surface area contributed by atoms with Crippen LogP contribution in [0.25, 0.3) is 21.6 Å². The minimum absolute atomic E-state index is 0.265. The number of anilines is 1. The van der Waals surface area contributed by atoms with Gasteiger partial charge in [0.15, 0.2) is 11.5 Å². The molecule has 0 atom stereocenters. The van der Waals surface area contributed by atoms with Crippen LogP contribution in [-0.4, -0.2) is 42.4 Å². The van der Waals surface area contributed by atoms with Gasteiger partial charge in [-0.3, -0.25) is 4.79 Å². The summed E-state index contributed by atoms with van der Waals surface area (Å²) in [5, 5.41) is 6.59. The molecule has 8 heteroatoms. The summed E-state index contributed by atoms with van der Waals surface area (Å²) in [5.41, 5.74) is 3.10. The van der Waals surface area contributed by atoms with Crippen LogP contribution in [0.3, 0.4) is 0 Å². The summed E-state index contributed by atoms with van der Waals surface area (Å²) < 4.78 is 18.6. The monoisotopic (exact) mass is 435 g/mol. The zero-order chi connectivity index (χ0) is 21.2. The number of hydrogen-bond acceptors (Lipinski definition) is 6. The van der Waals surface area contributed by atoms with Crippen LogP contribution in [0.1, 0.15) is 10.5 Å². The average Bonchev–Trinajstić information content (AvgIpc) is 3.42. The van der Waals surface area contributed by atoms with Crippen molar-refractivity contribution < 1.29 is 19.0 Å². The van der Waals surface area contributed by atoms with E-state index in [2.05, 4.69) is 33.1 Å². The topological polar surface area (TPSA) is 74.6 Å². The molecule has 0 spiro atoms. The molecule has 1 aliphatic heterocycles. The summed E-state index contributed by atoms with van der Waals surface area (Å²) in [4.78, 5) is 17.4. The van der Waals surface area contributed by atoms with Gasteiger partial charge in [-0.1, -0.05) is 18.2 Å². The number of hydrogen-bond donors (Lipinski definition) is 1. The van der Waals surface area contributed by atoms with E-state index in [0.717, 1.165) is 21.6 Å². The molecule has 0 unspecified atom stereocenters. The van der Waals surface area contributed by atoms with Crippen LogP contribution in [0, 0.1) is 0 Å². The molecule has 1 N–H and O–H groups in total. The first-order valence-corrected chi connectivity index (χ1v) is 10.8. The highest BCUT2D eigenvalue weighted by atomic mass is 32.1. The highest BCUT2D eigenvalue weighted by molar-refractivity contribution is 7.13. The zero-order valence-electron chi connectivity index (χ0n) is 17.0. The van der Waals surface area contributed by atoms with E-state index in [-0.39, 0.29) is 5.91 Å². The summed E-state index contributed by atoms with van der Waals surface area (Å²) in [6, 6.07) is 15.6. The lowest BCUT2D eigenvalue weighted by molar-refractivity contribution is 0.102. The number of nitrogens with one attached hydrogen (secondary N) is 1. The Hall–Kier alpha value is -3.36.